The second-order valence-electron chi connectivity index (χ2n) is 6.53. The van der Waals surface area contributed by atoms with E-state index in [1.165, 1.54) is 38.8 Å². The molecule has 0 amide bonds. The minimum Gasteiger partial charge on any atom is -0.373 e. The van der Waals surface area contributed by atoms with Crippen molar-refractivity contribution in [3.05, 3.63) is 0 Å². The van der Waals surface area contributed by atoms with Crippen LogP contribution in [0, 0.1) is 5.92 Å². The molecule has 3 heteroatoms. The van der Waals surface area contributed by atoms with E-state index in [0.717, 1.165) is 25.6 Å². The van der Waals surface area contributed by atoms with Gasteiger partial charge in [-0.2, -0.15) is 0 Å². The maximum absolute atomic E-state index is 5.76. The maximum Gasteiger partial charge on any atom is 0.0678 e. The lowest BCUT2D eigenvalue weighted by Gasteiger charge is -2.35. The van der Waals surface area contributed by atoms with E-state index in [9.17, 15) is 0 Å². The van der Waals surface area contributed by atoms with Crippen LogP contribution in [0.5, 0.6) is 0 Å². The normalized spacial score (nSPS) is 25.1. The fourth-order valence-electron chi connectivity index (χ4n) is 2.80. The number of ether oxygens (including phenoxy) is 1. The van der Waals surface area contributed by atoms with Crippen LogP contribution in [0.3, 0.4) is 0 Å². The van der Waals surface area contributed by atoms with Crippen molar-refractivity contribution in [1.82, 2.24) is 10.2 Å². The van der Waals surface area contributed by atoms with Gasteiger partial charge in [-0.15, -0.1) is 0 Å². The van der Waals surface area contributed by atoms with Gasteiger partial charge in [-0.25, -0.2) is 0 Å². The van der Waals surface area contributed by atoms with E-state index < -0.39 is 0 Å². The lowest BCUT2D eigenvalue weighted by atomic mass is 10.1. The Balaban J connectivity index is 1.90. The first-order valence-corrected chi connectivity index (χ1v) is 8.16. The summed E-state index contributed by atoms with van der Waals surface area (Å²) in [5.41, 5.74) is 0. The molecule has 1 aliphatic rings. The molecule has 2 unspecified atom stereocenters. The summed E-state index contributed by atoms with van der Waals surface area (Å²) in [4.78, 5) is 2.57. The van der Waals surface area contributed by atoms with Gasteiger partial charge < -0.3 is 10.1 Å². The van der Waals surface area contributed by atoms with Crippen LogP contribution in [0.15, 0.2) is 0 Å². The smallest absolute Gasteiger partial charge is 0.0678 e. The fourth-order valence-corrected chi connectivity index (χ4v) is 2.80. The minimum absolute atomic E-state index is 0.406. The predicted molar refractivity (Wildman–Crippen MR) is 82.6 cm³/mol. The molecule has 0 aromatic carbocycles. The number of unbranched alkanes of at least 4 members (excludes halogenated alkanes) is 3. The Hall–Kier alpha value is -0.120. The van der Waals surface area contributed by atoms with Crippen molar-refractivity contribution in [2.24, 2.45) is 5.92 Å². The van der Waals surface area contributed by atoms with Gasteiger partial charge in [0.05, 0.1) is 12.2 Å². The van der Waals surface area contributed by atoms with Crippen LogP contribution >= 0.6 is 0 Å². The molecule has 2 atom stereocenters. The van der Waals surface area contributed by atoms with Crippen LogP contribution in [0.4, 0.5) is 0 Å². The molecule has 0 radical (unpaired) electrons. The first-order valence-electron chi connectivity index (χ1n) is 8.16. The molecule has 1 saturated heterocycles. The van der Waals surface area contributed by atoms with Crippen molar-refractivity contribution in [3.8, 4) is 0 Å². The van der Waals surface area contributed by atoms with E-state index in [0.29, 0.717) is 12.2 Å². The average molecular weight is 270 g/mol. The molecule has 0 spiro atoms. The number of hydrogen-bond donors (Lipinski definition) is 1. The molecule has 3 nitrogen and oxygen atoms in total. The number of hydrogen-bond acceptors (Lipinski definition) is 3. The average Bonchev–Trinajstić information content (AvgIpc) is 2.31. The van der Waals surface area contributed by atoms with Gasteiger partial charge >= 0.3 is 0 Å². The summed E-state index contributed by atoms with van der Waals surface area (Å²) in [6.07, 6.45) is 6.20. The summed E-state index contributed by atoms with van der Waals surface area (Å²) in [6, 6.07) is 0. The van der Waals surface area contributed by atoms with Gasteiger partial charge in [0.15, 0.2) is 0 Å². The first-order chi connectivity index (χ1) is 9.08. The Morgan fingerprint density at radius 2 is 1.68 bits per heavy atom. The van der Waals surface area contributed by atoms with E-state index in [1.54, 1.807) is 0 Å². The maximum atomic E-state index is 5.76. The van der Waals surface area contributed by atoms with Crippen molar-refractivity contribution >= 4 is 0 Å². The van der Waals surface area contributed by atoms with Gasteiger partial charge in [0.1, 0.15) is 0 Å². The second-order valence-corrected chi connectivity index (χ2v) is 6.53. The molecule has 0 aromatic heterocycles. The van der Waals surface area contributed by atoms with Crippen molar-refractivity contribution < 1.29 is 4.74 Å². The number of nitrogens with one attached hydrogen (secondary N) is 1. The van der Waals surface area contributed by atoms with Crippen molar-refractivity contribution in [1.29, 1.82) is 0 Å². The summed E-state index contributed by atoms with van der Waals surface area (Å²) < 4.78 is 5.76. The van der Waals surface area contributed by atoms with Crippen molar-refractivity contribution in [2.75, 3.05) is 32.7 Å². The highest BCUT2D eigenvalue weighted by Gasteiger charge is 2.21. The lowest BCUT2D eigenvalue weighted by molar-refractivity contribution is -0.0681. The molecule has 0 bridgehead atoms. The highest BCUT2D eigenvalue weighted by Crippen LogP contribution is 2.11. The molecule has 19 heavy (non-hydrogen) atoms. The molecule has 1 fully saturated rings. The topological polar surface area (TPSA) is 24.5 Å². The number of rotatable bonds is 9. The summed E-state index contributed by atoms with van der Waals surface area (Å²) in [6.45, 7) is 14.7. The minimum atomic E-state index is 0.406. The van der Waals surface area contributed by atoms with Crippen LogP contribution in [0.25, 0.3) is 0 Å². The Labute approximate surface area is 120 Å². The zero-order valence-electron chi connectivity index (χ0n) is 13.5. The van der Waals surface area contributed by atoms with E-state index in [1.807, 2.05) is 0 Å². The molecule has 1 N–H and O–H groups in total. The first kappa shape index (κ1) is 16.9. The highest BCUT2D eigenvalue weighted by molar-refractivity contribution is 4.72. The van der Waals surface area contributed by atoms with Gasteiger partial charge in [0.2, 0.25) is 0 Å². The van der Waals surface area contributed by atoms with E-state index in [2.05, 4.69) is 37.9 Å². The Kier molecular flexibility index (Phi) is 8.67. The van der Waals surface area contributed by atoms with Crippen molar-refractivity contribution in [3.63, 3.8) is 0 Å². The molecule has 0 aliphatic carbocycles. The fraction of sp³-hybridized carbons (Fsp3) is 1.00. The van der Waals surface area contributed by atoms with Gasteiger partial charge in [0, 0.05) is 13.1 Å². The molecule has 1 aliphatic heterocycles. The van der Waals surface area contributed by atoms with E-state index in [4.69, 9.17) is 4.74 Å². The third-order valence-corrected chi connectivity index (χ3v) is 3.63. The lowest BCUT2D eigenvalue weighted by Crippen LogP contribution is -2.45. The summed E-state index contributed by atoms with van der Waals surface area (Å²) in [5, 5.41) is 3.51. The zero-order chi connectivity index (χ0) is 14.1. The van der Waals surface area contributed by atoms with Crippen LogP contribution in [0.2, 0.25) is 0 Å². The van der Waals surface area contributed by atoms with E-state index in [-0.39, 0.29) is 0 Å². The SMILES string of the molecule is CC(C)CNCCCCCCN1CC(C)OC(C)C1. The standard InChI is InChI=1S/C16H34N2O/c1-14(2)11-17-9-7-5-6-8-10-18-12-15(3)19-16(4)13-18/h14-17H,5-13H2,1-4H3. The number of nitrogens with zero attached hydrogens (tertiary/aromatic N) is 1. The molecular weight excluding hydrogens is 236 g/mol. The third-order valence-electron chi connectivity index (χ3n) is 3.63. The third kappa shape index (κ3) is 8.61. The summed E-state index contributed by atoms with van der Waals surface area (Å²) in [5.74, 6) is 0.769. The van der Waals surface area contributed by atoms with Gasteiger partial charge in [-0.1, -0.05) is 26.7 Å². The predicted octanol–water partition coefficient (Wildman–Crippen LogP) is 2.90. The van der Waals surface area contributed by atoms with Crippen LogP contribution in [-0.4, -0.2) is 49.8 Å². The Morgan fingerprint density at radius 1 is 1.05 bits per heavy atom. The van der Waals surface area contributed by atoms with Gasteiger partial charge in [-0.3, -0.25) is 4.90 Å². The molecular formula is C16H34N2O. The molecule has 114 valence electrons. The van der Waals surface area contributed by atoms with Gasteiger partial charge in [0.25, 0.3) is 0 Å². The highest BCUT2D eigenvalue weighted by atomic mass is 16.5. The van der Waals surface area contributed by atoms with Crippen LogP contribution < -0.4 is 5.32 Å². The summed E-state index contributed by atoms with van der Waals surface area (Å²) in [7, 11) is 0. The molecule has 1 heterocycles. The Morgan fingerprint density at radius 3 is 2.32 bits per heavy atom. The van der Waals surface area contributed by atoms with E-state index >= 15 is 0 Å². The molecule has 0 aromatic rings. The monoisotopic (exact) mass is 270 g/mol. The van der Waals surface area contributed by atoms with Gasteiger partial charge in [-0.05, 0) is 52.2 Å². The molecule has 0 saturated carbocycles. The van der Waals surface area contributed by atoms with Crippen LogP contribution in [-0.2, 0) is 4.74 Å². The second kappa shape index (κ2) is 9.73. The number of morpholine rings is 1. The Bertz CT molecular complexity index is 211. The zero-order valence-corrected chi connectivity index (χ0v) is 13.5. The largest absolute Gasteiger partial charge is 0.373 e. The van der Waals surface area contributed by atoms with Crippen molar-refractivity contribution in [2.45, 2.75) is 65.6 Å². The quantitative estimate of drug-likeness (QED) is 0.652. The molecule has 1 rings (SSSR count). The van der Waals surface area contributed by atoms with Crippen LogP contribution in [0.1, 0.15) is 53.4 Å². The summed E-state index contributed by atoms with van der Waals surface area (Å²) >= 11 is 0.